The fourth-order valence-corrected chi connectivity index (χ4v) is 4.82. The molecule has 10 heteroatoms. The molecule has 0 atom stereocenters. The molecule has 0 radical (unpaired) electrons. The fourth-order valence-electron chi connectivity index (χ4n) is 2.68. The number of nitro groups is 1. The van der Waals surface area contributed by atoms with Crippen LogP contribution in [0.4, 0.5) is 5.69 Å². The topological polar surface area (TPSA) is 100 Å². The van der Waals surface area contributed by atoms with Gasteiger partial charge in [0.25, 0.3) is 11.6 Å². The summed E-state index contributed by atoms with van der Waals surface area (Å²) in [6.07, 6.45) is 3.02. The van der Waals surface area contributed by atoms with Gasteiger partial charge in [-0.15, -0.1) is 11.3 Å². The zero-order chi connectivity index (χ0) is 21.3. The molecule has 0 unspecified atom stereocenters. The van der Waals surface area contributed by atoms with Gasteiger partial charge in [0.15, 0.2) is 4.32 Å². The summed E-state index contributed by atoms with van der Waals surface area (Å²) in [6, 6.07) is 15.5. The van der Waals surface area contributed by atoms with Gasteiger partial charge in [0, 0.05) is 18.3 Å². The van der Waals surface area contributed by atoms with Crippen molar-refractivity contribution in [3.05, 3.63) is 80.3 Å². The molecule has 1 aliphatic rings. The standard InChI is InChI=1S/C20H10N4O3S3/c21-10-13(18-22-15-3-1-2-4-16(15)29-18)11-23-19(25)17(30-20(23)28)9-12-5-7-14(8-6-12)24(26)27/h1-9,11H/b13-11-,17-9?. The van der Waals surface area contributed by atoms with Crippen molar-refractivity contribution >= 4 is 73.1 Å². The van der Waals surface area contributed by atoms with Crippen LogP contribution in [0.5, 0.6) is 0 Å². The first-order chi connectivity index (χ1) is 14.5. The second-order valence-corrected chi connectivity index (χ2v) is 8.75. The minimum absolute atomic E-state index is 0.0304. The number of nitrogens with zero attached hydrogens (tertiary/aromatic N) is 4. The van der Waals surface area contributed by atoms with Gasteiger partial charge in [-0.3, -0.25) is 19.8 Å². The molecule has 1 aliphatic heterocycles. The Balaban J connectivity index is 1.63. The maximum absolute atomic E-state index is 12.8. The van der Waals surface area contributed by atoms with Crippen LogP contribution in [0.1, 0.15) is 10.6 Å². The van der Waals surface area contributed by atoms with E-state index in [-0.39, 0.29) is 17.2 Å². The largest absolute Gasteiger partial charge is 0.270 e. The molecule has 1 amide bonds. The quantitative estimate of drug-likeness (QED) is 0.182. The van der Waals surface area contributed by atoms with E-state index in [0.29, 0.717) is 19.8 Å². The minimum Gasteiger partial charge on any atom is -0.268 e. The first-order valence-electron chi connectivity index (χ1n) is 8.45. The van der Waals surface area contributed by atoms with E-state index in [2.05, 4.69) is 11.1 Å². The predicted octanol–water partition coefficient (Wildman–Crippen LogP) is 4.97. The van der Waals surface area contributed by atoms with E-state index in [9.17, 15) is 20.2 Å². The van der Waals surface area contributed by atoms with Crippen molar-refractivity contribution in [3.63, 3.8) is 0 Å². The highest BCUT2D eigenvalue weighted by Gasteiger charge is 2.31. The highest BCUT2D eigenvalue weighted by Crippen LogP contribution is 2.35. The van der Waals surface area contributed by atoms with E-state index in [4.69, 9.17) is 12.2 Å². The number of thiocarbonyl (C=S) groups is 1. The second kappa shape index (κ2) is 8.16. The summed E-state index contributed by atoms with van der Waals surface area (Å²) in [4.78, 5) is 29.2. The summed E-state index contributed by atoms with van der Waals surface area (Å²) in [5.41, 5.74) is 1.63. The minimum atomic E-state index is -0.487. The number of non-ortho nitro benzene ring substituents is 1. The lowest BCUT2D eigenvalue weighted by molar-refractivity contribution is -0.384. The average Bonchev–Trinajstić information content (AvgIpc) is 3.28. The monoisotopic (exact) mass is 450 g/mol. The van der Waals surface area contributed by atoms with E-state index >= 15 is 0 Å². The third-order valence-corrected chi connectivity index (χ3v) is 6.53. The number of para-hydroxylation sites is 1. The maximum Gasteiger partial charge on any atom is 0.270 e. The number of hydrogen-bond donors (Lipinski definition) is 0. The van der Waals surface area contributed by atoms with Gasteiger partial charge in [-0.1, -0.05) is 36.1 Å². The van der Waals surface area contributed by atoms with Crippen LogP contribution in [-0.4, -0.2) is 25.0 Å². The predicted molar refractivity (Wildman–Crippen MR) is 121 cm³/mol. The molecule has 1 fully saturated rings. The summed E-state index contributed by atoms with van der Waals surface area (Å²) in [7, 11) is 0. The van der Waals surface area contributed by atoms with Gasteiger partial charge in [0.05, 0.1) is 20.0 Å². The highest BCUT2D eigenvalue weighted by atomic mass is 32.2. The van der Waals surface area contributed by atoms with Crippen LogP contribution in [0.15, 0.2) is 59.6 Å². The molecule has 0 spiro atoms. The van der Waals surface area contributed by atoms with Crippen molar-refractivity contribution in [2.45, 2.75) is 0 Å². The van der Waals surface area contributed by atoms with Crippen LogP contribution < -0.4 is 0 Å². The van der Waals surface area contributed by atoms with Gasteiger partial charge in [-0.05, 0) is 35.9 Å². The number of nitro benzene ring substituents is 1. The lowest BCUT2D eigenvalue weighted by Crippen LogP contribution is -2.22. The Morgan fingerprint density at radius 3 is 2.63 bits per heavy atom. The zero-order valence-electron chi connectivity index (χ0n) is 15.0. The van der Waals surface area contributed by atoms with E-state index in [1.54, 1.807) is 18.2 Å². The smallest absolute Gasteiger partial charge is 0.268 e. The van der Waals surface area contributed by atoms with E-state index in [0.717, 1.165) is 22.0 Å². The molecular formula is C20H10N4O3S3. The van der Waals surface area contributed by atoms with Crippen molar-refractivity contribution in [1.29, 1.82) is 5.26 Å². The van der Waals surface area contributed by atoms with Crippen molar-refractivity contribution in [3.8, 4) is 6.07 Å². The van der Waals surface area contributed by atoms with Gasteiger partial charge in [-0.25, -0.2) is 4.98 Å². The number of amides is 1. The maximum atomic E-state index is 12.8. The van der Waals surface area contributed by atoms with Crippen LogP contribution in [-0.2, 0) is 4.79 Å². The molecular weight excluding hydrogens is 440 g/mol. The van der Waals surface area contributed by atoms with Crippen LogP contribution >= 0.6 is 35.3 Å². The number of carbonyl (C=O) groups is 1. The van der Waals surface area contributed by atoms with Gasteiger partial charge in [0.2, 0.25) is 0 Å². The number of thiazole rings is 1. The Kier molecular flexibility index (Phi) is 5.41. The Morgan fingerprint density at radius 2 is 1.97 bits per heavy atom. The molecule has 0 bridgehead atoms. The Hall–Kier alpha value is -3.39. The molecule has 1 aromatic heterocycles. The van der Waals surface area contributed by atoms with Gasteiger partial charge < -0.3 is 0 Å². The molecule has 2 heterocycles. The molecule has 7 nitrogen and oxygen atoms in total. The summed E-state index contributed by atoms with van der Waals surface area (Å²) >= 11 is 7.78. The van der Waals surface area contributed by atoms with Crippen LogP contribution in [0.2, 0.25) is 0 Å². The zero-order valence-corrected chi connectivity index (χ0v) is 17.5. The van der Waals surface area contributed by atoms with Crippen molar-refractivity contribution < 1.29 is 9.72 Å². The summed E-state index contributed by atoms with van der Waals surface area (Å²) < 4.78 is 1.24. The molecule has 0 saturated carbocycles. The number of rotatable bonds is 4. The number of aromatic nitrogens is 1. The van der Waals surface area contributed by atoms with Crippen LogP contribution in [0, 0.1) is 21.4 Å². The highest BCUT2D eigenvalue weighted by molar-refractivity contribution is 8.26. The molecule has 30 heavy (non-hydrogen) atoms. The van der Waals surface area contributed by atoms with Crippen LogP contribution in [0.25, 0.3) is 21.9 Å². The van der Waals surface area contributed by atoms with E-state index in [1.807, 2.05) is 24.3 Å². The SMILES string of the molecule is N#C/C(=C/N1C(=O)C(=Cc2ccc([N+](=O)[O-])cc2)SC1=S)c1nc2ccccc2s1. The Labute approximate surface area is 184 Å². The van der Waals surface area contributed by atoms with Gasteiger partial charge in [0.1, 0.15) is 16.6 Å². The number of allylic oxidation sites excluding steroid dienone is 1. The molecule has 146 valence electrons. The summed E-state index contributed by atoms with van der Waals surface area (Å²) in [6.45, 7) is 0. The van der Waals surface area contributed by atoms with Gasteiger partial charge >= 0.3 is 0 Å². The van der Waals surface area contributed by atoms with Crippen LogP contribution in [0.3, 0.4) is 0 Å². The number of carbonyl (C=O) groups excluding carboxylic acids is 1. The molecule has 0 N–H and O–H groups in total. The lowest BCUT2D eigenvalue weighted by atomic mass is 10.2. The Morgan fingerprint density at radius 1 is 1.23 bits per heavy atom. The summed E-state index contributed by atoms with van der Waals surface area (Å²) in [5, 5.41) is 20.9. The van der Waals surface area contributed by atoms with E-state index in [1.165, 1.54) is 34.6 Å². The van der Waals surface area contributed by atoms with Crippen molar-refractivity contribution in [1.82, 2.24) is 9.88 Å². The summed E-state index contributed by atoms with van der Waals surface area (Å²) in [5.74, 6) is -0.364. The number of nitriles is 1. The normalized spacial score (nSPS) is 15.8. The second-order valence-electron chi connectivity index (χ2n) is 6.04. The molecule has 0 aliphatic carbocycles. The average molecular weight is 451 g/mol. The number of benzene rings is 2. The first-order valence-corrected chi connectivity index (χ1v) is 10.5. The third-order valence-electron chi connectivity index (χ3n) is 4.13. The Bertz CT molecular complexity index is 1270. The first kappa shape index (κ1) is 19.9. The molecule has 4 rings (SSSR count). The number of hydrogen-bond acceptors (Lipinski definition) is 8. The number of fused-ring (bicyclic) bond motifs is 1. The van der Waals surface area contributed by atoms with Crippen molar-refractivity contribution in [2.75, 3.05) is 0 Å². The lowest BCUT2D eigenvalue weighted by Gasteiger charge is -2.08. The molecule has 3 aromatic rings. The third kappa shape index (κ3) is 3.86. The van der Waals surface area contributed by atoms with E-state index < -0.39 is 4.92 Å². The molecule has 1 saturated heterocycles. The number of thioether (sulfide) groups is 1. The van der Waals surface area contributed by atoms with Gasteiger partial charge in [-0.2, -0.15) is 5.26 Å². The fraction of sp³-hybridized carbons (Fsp3) is 0. The molecule has 2 aromatic carbocycles. The van der Waals surface area contributed by atoms with Crippen molar-refractivity contribution in [2.24, 2.45) is 0 Å².